The molecule has 1 aliphatic rings. The fourth-order valence-electron chi connectivity index (χ4n) is 2.69. The van der Waals surface area contributed by atoms with Crippen molar-refractivity contribution >= 4 is 17.4 Å². The van der Waals surface area contributed by atoms with Gasteiger partial charge in [-0.2, -0.15) is 0 Å². The predicted octanol–water partition coefficient (Wildman–Crippen LogP) is 2.58. The molecule has 1 aromatic heterocycles. The monoisotopic (exact) mass is 253 g/mol. The van der Waals surface area contributed by atoms with E-state index < -0.39 is 0 Å². The first-order valence-corrected chi connectivity index (χ1v) is 7.09. The van der Waals surface area contributed by atoms with E-state index in [1.165, 1.54) is 30.8 Å². The molecule has 17 heavy (non-hydrogen) atoms. The molecule has 1 amide bonds. The van der Waals surface area contributed by atoms with Crippen LogP contribution in [0.4, 0.5) is 0 Å². The Morgan fingerprint density at radius 1 is 1.53 bits per heavy atom. The van der Waals surface area contributed by atoms with Gasteiger partial charge in [0.25, 0.3) is 5.91 Å². The Morgan fingerprint density at radius 3 is 2.88 bits per heavy atom. The van der Waals surface area contributed by atoms with E-state index in [-0.39, 0.29) is 5.91 Å². The molecular formula is C12H19N3OS. The third-order valence-corrected chi connectivity index (χ3v) is 4.29. The van der Waals surface area contributed by atoms with Crippen LogP contribution in [0.2, 0.25) is 0 Å². The fraction of sp³-hybridized carbons (Fsp3) is 0.750. The minimum absolute atomic E-state index is 0.0984. The van der Waals surface area contributed by atoms with Gasteiger partial charge in [-0.25, -0.2) is 0 Å². The summed E-state index contributed by atoms with van der Waals surface area (Å²) < 4.78 is 3.77. The third kappa shape index (κ3) is 2.65. The van der Waals surface area contributed by atoms with Gasteiger partial charge in [0.2, 0.25) is 0 Å². The lowest BCUT2D eigenvalue weighted by Gasteiger charge is -2.37. The fourth-order valence-corrected chi connectivity index (χ4v) is 3.16. The molecule has 4 nitrogen and oxygen atoms in total. The highest BCUT2D eigenvalue weighted by molar-refractivity contribution is 7.07. The number of rotatable bonds is 3. The zero-order valence-electron chi connectivity index (χ0n) is 10.4. The summed E-state index contributed by atoms with van der Waals surface area (Å²) in [6.07, 6.45) is 6.47. The Labute approximate surface area is 106 Å². The molecule has 1 aliphatic carbocycles. The molecule has 0 spiro atoms. The molecular weight excluding hydrogens is 234 g/mol. The summed E-state index contributed by atoms with van der Waals surface area (Å²) in [7, 11) is 0. The summed E-state index contributed by atoms with van der Waals surface area (Å²) >= 11 is 1.19. The Balaban J connectivity index is 2.12. The molecule has 0 radical (unpaired) electrons. The molecule has 94 valence electrons. The first-order chi connectivity index (χ1) is 8.24. The van der Waals surface area contributed by atoms with Gasteiger partial charge in [0, 0.05) is 12.6 Å². The van der Waals surface area contributed by atoms with Crippen molar-refractivity contribution in [3.63, 3.8) is 0 Å². The molecule has 0 N–H and O–H groups in total. The zero-order chi connectivity index (χ0) is 12.3. The highest BCUT2D eigenvalue weighted by atomic mass is 32.1. The maximum absolute atomic E-state index is 12.3. The lowest BCUT2D eigenvalue weighted by Crippen LogP contribution is -2.44. The number of hydrogen-bond acceptors (Lipinski definition) is 4. The zero-order valence-corrected chi connectivity index (χ0v) is 11.2. The van der Waals surface area contributed by atoms with Crippen LogP contribution >= 0.6 is 11.5 Å². The van der Waals surface area contributed by atoms with Gasteiger partial charge in [-0.05, 0) is 37.2 Å². The molecule has 1 saturated carbocycles. The minimum atomic E-state index is 0.0984. The van der Waals surface area contributed by atoms with Crippen molar-refractivity contribution in [2.75, 3.05) is 6.54 Å². The average molecular weight is 253 g/mol. The molecule has 0 bridgehead atoms. The second-order valence-corrected chi connectivity index (χ2v) is 5.49. The Bertz CT molecular complexity index is 366. The second-order valence-electron chi connectivity index (χ2n) is 4.70. The van der Waals surface area contributed by atoms with Crippen LogP contribution in [0.5, 0.6) is 0 Å². The van der Waals surface area contributed by atoms with E-state index in [0.29, 0.717) is 16.8 Å². The first kappa shape index (κ1) is 12.5. The summed E-state index contributed by atoms with van der Waals surface area (Å²) in [5.74, 6) is 0.704. The van der Waals surface area contributed by atoms with Crippen molar-refractivity contribution in [1.29, 1.82) is 0 Å². The van der Waals surface area contributed by atoms with Gasteiger partial charge in [0.1, 0.15) is 4.88 Å². The summed E-state index contributed by atoms with van der Waals surface area (Å²) in [6, 6.07) is 0.392. The Hall–Kier alpha value is -0.970. The van der Waals surface area contributed by atoms with Gasteiger partial charge in [0.05, 0.1) is 6.20 Å². The summed E-state index contributed by atoms with van der Waals surface area (Å²) in [5.41, 5.74) is 0. The maximum Gasteiger partial charge on any atom is 0.267 e. The van der Waals surface area contributed by atoms with Crippen molar-refractivity contribution in [3.8, 4) is 0 Å². The number of carbonyl (C=O) groups excluding carboxylic acids is 1. The van der Waals surface area contributed by atoms with Gasteiger partial charge < -0.3 is 4.90 Å². The van der Waals surface area contributed by atoms with Gasteiger partial charge >= 0.3 is 0 Å². The van der Waals surface area contributed by atoms with E-state index in [4.69, 9.17) is 0 Å². The van der Waals surface area contributed by atoms with Crippen LogP contribution in [0.15, 0.2) is 6.20 Å². The van der Waals surface area contributed by atoms with Gasteiger partial charge in [0.15, 0.2) is 0 Å². The van der Waals surface area contributed by atoms with Crippen molar-refractivity contribution < 1.29 is 4.79 Å². The molecule has 2 rings (SSSR count). The highest BCUT2D eigenvalue weighted by Gasteiger charge is 2.30. The molecule has 0 aliphatic heterocycles. The smallest absolute Gasteiger partial charge is 0.267 e. The molecule has 0 saturated heterocycles. The number of hydrogen-bond donors (Lipinski definition) is 0. The van der Waals surface area contributed by atoms with Gasteiger partial charge in [-0.3, -0.25) is 4.79 Å². The standard InChI is InChI=1S/C12H19N3OS/c1-3-15(10-7-5-4-6-9(10)2)12(16)11-8-13-14-17-11/h8-10H,3-7H2,1-2H3/t9-,10-/m0/s1. The number of aromatic nitrogens is 2. The quantitative estimate of drug-likeness (QED) is 0.831. The van der Waals surface area contributed by atoms with Crippen molar-refractivity contribution in [2.45, 2.75) is 45.6 Å². The number of amides is 1. The Morgan fingerprint density at radius 2 is 2.29 bits per heavy atom. The van der Waals surface area contributed by atoms with Crippen LogP contribution in [0, 0.1) is 5.92 Å². The van der Waals surface area contributed by atoms with Crippen LogP contribution in [0.1, 0.15) is 49.2 Å². The molecule has 1 heterocycles. The highest BCUT2D eigenvalue weighted by Crippen LogP contribution is 2.29. The van der Waals surface area contributed by atoms with Crippen molar-refractivity contribution in [3.05, 3.63) is 11.1 Å². The van der Waals surface area contributed by atoms with Crippen LogP contribution in [-0.2, 0) is 0 Å². The van der Waals surface area contributed by atoms with Gasteiger partial charge in [-0.15, -0.1) is 5.10 Å². The van der Waals surface area contributed by atoms with Crippen molar-refractivity contribution in [2.24, 2.45) is 5.92 Å². The molecule has 2 atom stereocenters. The molecule has 1 aromatic rings. The minimum Gasteiger partial charge on any atom is -0.335 e. The van der Waals surface area contributed by atoms with E-state index in [1.807, 2.05) is 11.8 Å². The molecule has 0 unspecified atom stereocenters. The summed E-state index contributed by atoms with van der Waals surface area (Å²) in [6.45, 7) is 5.07. The number of carbonyl (C=O) groups is 1. The average Bonchev–Trinajstić information content (AvgIpc) is 2.86. The maximum atomic E-state index is 12.3. The Kier molecular flexibility index (Phi) is 4.10. The normalized spacial score (nSPS) is 24.6. The van der Waals surface area contributed by atoms with Crippen LogP contribution < -0.4 is 0 Å². The molecule has 1 fully saturated rings. The van der Waals surface area contributed by atoms with E-state index >= 15 is 0 Å². The number of nitrogens with zero attached hydrogens (tertiary/aromatic N) is 3. The largest absolute Gasteiger partial charge is 0.335 e. The second kappa shape index (κ2) is 5.58. The van der Waals surface area contributed by atoms with Crippen LogP contribution in [0.3, 0.4) is 0 Å². The van der Waals surface area contributed by atoms with E-state index in [2.05, 4.69) is 16.5 Å². The van der Waals surface area contributed by atoms with Crippen LogP contribution in [-0.4, -0.2) is 33.0 Å². The topological polar surface area (TPSA) is 46.1 Å². The first-order valence-electron chi connectivity index (χ1n) is 6.32. The summed E-state index contributed by atoms with van der Waals surface area (Å²) in [5, 5.41) is 3.75. The molecule has 5 heteroatoms. The predicted molar refractivity (Wildman–Crippen MR) is 68.0 cm³/mol. The van der Waals surface area contributed by atoms with E-state index in [9.17, 15) is 4.79 Å². The van der Waals surface area contributed by atoms with E-state index in [1.54, 1.807) is 6.20 Å². The SMILES string of the molecule is CCN(C(=O)c1cnns1)[C@H]1CCCC[C@@H]1C. The molecule has 0 aromatic carbocycles. The van der Waals surface area contributed by atoms with Gasteiger partial charge in [-0.1, -0.05) is 24.3 Å². The van der Waals surface area contributed by atoms with Crippen LogP contribution in [0.25, 0.3) is 0 Å². The van der Waals surface area contributed by atoms with Crippen molar-refractivity contribution in [1.82, 2.24) is 14.5 Å². The lowest BCUT2D eigenvalue weighted by molar-refractivity contribution is 0.0574. The summed E-state index contributed by atoms with van der Waals surface area (Å²) in [4.78, 5) is 15.0. The third-order valence-electron chi connectivity index (χ3n) is 3.64. The lowest BCUT2D eigenvalue weighted by atomic mass is 9.85. The van der Waals surface area contributed by atoms with E-state index in [0.717, 1.165) is 13.0 Å².